The molecule has 2 aromatic rings. The Balaban J connectivity index is 1.50. The van der Waals surface area contributed by atoms with Crippen LogP contribution in [-0.4, -0.2) is 48.0 Å². The van der Waals surface area contributed by atoms with Crippen LogP contribution in [0.15, 0.2) is 30.3 Å². The highest BCUT2D eigenvalue weighted by atomic mass is 16.5. The minimum Gasteiger partial charge on any atom is -0.381 e. The molecule has 0 spiro atoms. The first-order valence-electron chi connectivity index (χ1n) is 10.2. The number of carbonyl (C=O) groups is 1. The molecule has 2 aliphatic rings. The zero-order valence-corrected chi connectivity index (χ0v) is 17.1. The van der Waals surface area contributed by atoms with Crippen molar-refractivity contribution in [1.29, 1.82) is 0 Å². The van der Waals surface area contributed by atoms with Crippen molar-refractivity contribution in [1.82, 2.24) is 15.1 Å². The molecule has 1 unspecified atom stereocenters. The Morgan fingerprint density at radius 1 is 1.25 bits per heavy atom. The highest BCUT2D eigenvalue weighted by Crippen LogP contribution is 2.36. The van der Waals surface area contributed by atoms with Gasteiger partial charge in [-0.2, -0.15) is 5.10 Å². The second-order valence-corrected chi connectivity index (χ2v) is 8.19. The Labute approximate surface area is 166 Å². The fourth-order valence-electron chi connectivity index (χ4n) is 4.74. The van der Waals surface area contributed by atoms with Crippen LogP contribution in [-0.2, 0) is 22.0 Å². The summed E-state index contributed by atoms with van der Waals surface area (Å²) in [6.45, 7) is 7.21. The summed E-state index contributed by atoms with van der Waals surface area (Å²) in [4.78, 5) is 14.9. The van der Waals surface area contributed by atoms with Gasteiger partial charge in [-0.05, 0) is 44.2 Å². The molecule has 2 aliphatic heterocycles. The summed E-state index contributed by atoms with van der Waals surface area (Å²) in [6, 6.07) is 10.5. The van der Waals surface area contributed by atoms with Crippen molar-refractivity contribution >= 4 is 11.7 Å². The van der Waals surface area contributed by atoms with E-state index in [-0.39, 0.29) is 17.4 Å². The number of hydrogen-bond donors (Lipinski definition) is 1. The van der Waals surface area contributed by atoms with Crippen LogP contribution < -0.4 is 10.2 Å². The van der Waals surface area contributed by atoms with Gasteiger partial charge in [0.05, 0.1) is 11.7 Å². The van der Waals surface area contributed by atoms with Crippen molar-refractivity contribution in [2.24, 2.45) is 7.05 Å². The molecule has 1 N–H and O–H groups in total. The van der Waals surface area contributed by atoms with E-state index in [0.29, 0.717) is 0 Å². The second kappa shape index (κ2) is 7.68. The van der Waals surface area contributed by atoms with Gasteiger partial charge in [-0.15, -0.1) is 0 Å². The molecule has 1 atom stereocenters. The number of aryl methyl sites for hydroxylation is 3. The highest BCUT2D eigenvalue weighted by molar-refractivity contribution is 5.98. The summed E-state index contributed by atoms with van der Waals surface area (Å²) in [6.07, 6.45) is 2.79. The molecule has 3 heterocycles. The number of benzene rings is 1. The smallest absolute Gasteiger partial charge is 0.245 e. The molecule has 1 aromatic heterocycles. The van der Waals surface area contributed by atoms with Crippen molar-refractivity contribution in [3.8, 4) is 0 Å². The van der Waals surface area contributed by atoms with Crippen LogP contribution in [0.1, 0.15) is 36.1 Å². The van der Waals surface area contributed by atoms with Gasteiger partial charge in [0.15, 0.2) is 0 Å². The minimum absolute atomic E-state index is 0.0282. The molecule has 6 nitrogen and oxygen atoms in total. The number of ether oxygens (including phenoxy) is 1. The lowest BCUT2D eigenvalue weighted by molar-refractivity contribution is -0.119. The Morgan fingerprint density at radius 2 is 2.00 bits per heavy atom. The SMILES string of the molecule is Cc1cc(N2CCC(NCC3(c4ccccc4C)CCOCC3)C2=O)n(C)n1. The second-order valence-electron chi connectivity index (χ2n) is 8.19. The standard InChI is InChI=1S/C22H30N4O2/c1-16-6-4-5-7-18(16)22(9-12-28-13-10-22)15-23-19-8-11-26(21(19)27)20-14-17(2)24-25(20)3/h4-7,14,19,23H,8-13,15H2,1-3H3. The topological polar surface area (TPSA) is 59.4 Å². The molecule has 1 aromatic carbocycles. The molecule has 1 amide bonds. The molecule has 6 heteroatoms. The quantitative estimate of drug-likeness (QED) is 0.863. The van der Waals surface area contributed by atoms with Crippen molar-refractivity contribution in [3.63, 3.8) is 0 Å². The first-order valence-corrected chi connectivity index (χ1v) is 10.2. The zero-order chi connectivity index (χ0) is 19.7. The van der Waals surface area contributed by atoms with E-state index in [9.17, 15) is 4.79 Å². The largest absolute Gasteiger partial charge is 0.381 e. The first kappa shape index (κ1) is 19.2. The fourth-order valence-corrected chi connectivity index (χ4v) is 4.74. The molecule has 2 saturated heterocycles. The normalized spacial score (nSPS) is 22.0. The third kappa shape index (κ3) is 3.47. The summed E-state index contributed by atoms with van der Waals surface area (Å²) >= 11 is 0. The van der Waals surface area contributed by atoms with Crippen molar-refractivity contribution < 1.29 is 9.53 Å². The van der Waals surface area contributed by atoms with Gasteiger partial charge < -0.3 is 10.1 Å². The van der Waals surface area contributed by atoms with Gasteiger partial charge in [0.1, 0.15) is 5.82 Å². The maximum absolute atomic E-state index is 13.0. The number of carbonyl (C=O) groups excluding carboxylic acids is 1. The zero-order valence-electron chi connectivity index (χ0n) is 17.1. The average Bonchev–Trinajstić information content (AvgIpc) is 3.22. The van der Waals surface area contributed by atoms with Crippen molar-refractivity contribution in [2.45, 2.75) is 44.6 Å². The van der Waals surface area contributed by atoms with E-state index in [4.69, 9.17) is 4.74 Å². The lowest BCUT2D eigenvalue weighted by Gasteiger charge is -2.39. The minimum atomic E-state index is -0.140. The molecule has 4 rings (SSSR count). The van der Waals surface area contributed by atoms with Gasteiger partial charge in [0.25, 0.3) is 0 Å². The van der Waals surface area contributed by atoms with E-state index in [0.717, 1.165) is 57.1 Å². The van der Waals surface area contributed by atoms with E-state index < -0.39 is 0 Å². The summed E-state index contributed by atoms with van der Waals surface area (Å²) in [5.74, 6) is 1.03. The number of nitrogens with zero attached hydrogens (tertiary/aromatic N) is 3. The molecule has 0 saturated carbocycles. The number of amides is 1. The first-order chi connectivity index (χ1) is 13.5. The van der Waals surface area contributed by atoms with Gasteiger partial charge in [0, 0.05) is 44.8 Å². The van der Waals surface area contributed by atoms with Crippen molar-refractivity contribution in [2.75, 3.05) is 31.2 Å². The lowest BCUT2D eigenvalue weighted by atomic mass is 9.72. The summed E-state index contributed by atoms with van der Waals surface area (Å²) < 4.78 is 7.45. The lowest BCUT2D eigenvalue weighted by Crippen LogP contribution is -2.48. The van der Waals surface area contributed by atoms with Crippen LogP contribution in [0.4, 0.5) is 5.82 Å². The molecular formula is C22H30N4O2. The average molecular weight is 383 g/mol. The summed E-state index contributed by atoms with van der Waals surface area (Å²) in [7, 11) is 1.89. The number of anilines is 1. The number of rotatable bonds is 5. The van der Waals surface area contributed by atoms with E-state index in [2.05, 4.69) is 41.6 Å². The third-order valence-electron chi connectivity index (χ3n) is 6.31. The van der Waals surface area contributed by atoms with Crippen LogP contribution in [0, 0.1) is 13.8 Å². The maximum Gasteiger partial charge on any atom is 0.245 e. The Morgan fingerprint density at radius 3 is 2.68 bits per heavy atom. The van der Waals surface area contributed by atoms with E-state index in [1.807, 2.05) is 24.9 Å². The summed E-state index contributed by atoms with van der Waals surface area (Å²) in [5, 5.41) is 8.00. The maximum atomic E-state index is 13.0. The third-order valence-corrected chi connectivity index (χ3v) is 6.31. The van der Waals surface area contributed by atoms with Gasteiger partial charge in [-0.1, -0.05) is 24.3 Å². The van der Waals surface area contributed by atoms with E-state index >= 15 is 0 Å². The fraction of sp³-hybridized carbons (Fsp3) is 0.545. The predicted octanol–water partition coefficient (Wildman–Crippen LogP) is 2.48. The number of hydrogen-bond acceptors (Lipinski definition) is 4. The van der Waals surface area contributed by atoms with Crippen molar-refractivity contribution in [3.05, 3.63) is 47.2 Å². The van der Waals surface area contributed by atoms with Gasteiger partial charge in [-0.25, -0.2) is 0 Å². The molecule has 28 heavy (non-hydrogen) atoms. The van der Waals surface area contributed by atoms with Gasteiger partial charge in [-0.3, -0.25) is 14.4 Å². The molecule has 150 valence electrons. The van der Waals surface area contributed by atoms with Crippen LogP contribution in [0.5, 0.6) is 0 Å². The van der Waals surface area contributed by atoms with E-state index in [1.165, 1.54) is 11.1 Å². The van der Waals surface area contributed by atoms with Gasteiger partial charge in [0.2, 0.25) is 5.91 Å². The highest BCUT2D eigenvalue weighted by Gasteiger charge is 2.39. The molecule has 2 fully saturated rings. The summed E-state index contributed by atoms with van der Waals surface area (Å²) in [5.41, 5.74) is 3.66. The van der Waals surface area contributed by atoms with Gasteiger partial charge >= 0.3 is 0 Å². The van der Waals surface area contributed by atoms with E-state index in [1.54, 1.807) is 4.68 Å². The number of nitrogens with one attached hydrogen (secondary N) is 1. The van der Waals surface area contributed by atoms with Crippen LogP contribution in [0.2, 0.25) is 0 Å². The molecular weight excluding hydrogens is 352 g/mol. The Bertz CT molecular complexity index is 854. The van der Waals surface area contributed by atoms with Crippen LogP contribution in [0.3, 0.4) is 0 Å². The monoisotopic (exact) mass is 382 g/mol. The molecule has 0 radical (unpaired) electrons. The van der Waals surface area contributed by atoms with Crippen LogP contribution in [0.25, 0.3) is 0 Å². The Kier molecular flexibility index (Phi) is 5.25. The number of aromatic nitrogens is 2. The molecule has 0 aliphatic carbocycles. The Hall–Kier alpha value is -2.18. The predicted molar refractivity (Wildman–Crippen MR) is 110 cm³/mol. The molecule has 0 bridgehead atoms. The van der Waals surface area contributed by atoms with Crippen LogP contribution >= 0.6 is 0 Å².